The molecule has 1 saturated heterocycles. The average molecular weight is 478 g/mol. The number of carbonyl (C=O) groups is 1. The van der Waals surface area contributed by atoms with E-state index in [4.69, 9.17) is 28.3 Å². The third-order valence-electron chi connectivity index (χ3n) is 6.76. The van der Waals surface area contributed by atoms with Crippen molar-refractivity contribution in [1.82, 2.24) is 24.6 Å². The van der Waals surface area contributed by atoms with Gasteiger partial charge in [0.05, 0.1) is 28.5 Å². The van der Waals surface area contributed by atoms with E-state index in [-0.39, 0.29) is 18.0 Å². The fraction of sp³-hybridized carbons (Fsp3) is 0.280. The average Bonchev–Trinajstić information content (AvgIpc) is 3.13. The van der Waals surface area contributed by atoms with Gasteiger partial charge in [0.1, 0.15) is 0 Å². The van der Waals surface area contributed by atoms with Gasteiger partial charge in [0.2, 0.25) is 0 Å². The van der Waals surface area contributed by atoms with Crippen molar-refractivity contribution in [3.63, 3.8) is 0 Å². The zero-order valence-corrected chi connectivity index (χ0v) is 19.5. The molecule has 8 heteroatoms. The first-order valence-electron chi connectivity index (χ1n) is 11.1. The zero-order chi connectivity index (χ0) is 22.7. The molecule has 0 radical (unpaired) electrons. The minimum Gasteiger partial charge on any atom is -0.327 e. The standard InChI is InChI=1S/C25H21Cl2N5O/c1-31-24(15-9-16(26)12-17(27)10-15)19-13-18-3-2-4-22(23(19)30-31)32(18)25(33)14-5-6-20-21(11-14)29-8-7-28-20/h5-12,18,22H,2-4,13H2,1H3/t18-,22+/m1/s1. The Morgan fingerprint density at radius 1 is 1.00 bits per heavy atom. The first-order chi connectivity index (χ1) is 16.0. The van der Waals surface area contributed by atoms with E-state index in [1.807, 2.05) is 47.0 Å². The summed E-state index contributed by atoms with van der Waals surface area (Å²) >= 11 is 12.6. The van der Waals surface area contributed by atoms with E-state index in [2.05, 4.69) is 9.97 Å². The lowest BCUT2D eigenvalue weighted by Gasteiger charge is -2.45. The van der Waals surface area contributed by atoms with Crippen LogP contribution in [0.5, 0.6) is 0 Å². The van der Waals surface area contributed by atoms with E-state index < -0.39 is 0 Å². The predicted molar refractivity (Wildman–Crippen MR) is 128 cm³/mol. The molecule has 1 amide bonds. The quantitative estimate of drug-likeness (QED) is 0.375. The van der Waals surface area contributed by atoms with Crippen LogP contribution in [0.3, 0.4) is 0 Å². The van der Waals surface area contributed by atoms with Gasteiger partial charge in [-0.2, -0.15) is 5.10 Å². The number of benzene rings is 2. The summed E-state index contributed by atoms with van der Waals surface area (Å²) < 4.78 is 1.90. The molecular formula is C25H21Cl2N5O. The molecule has 166 valence electrons. The van der Waals surface area contributed by atoms with Gasteiger partial charge in [0.15, 0.2) is 0 Å². The van der Waals surface area contributed by atoms with Crippen LogP contribution in [0, 0.1) is 0 Å². The Balaban J connectivity index is 1.42. The number of halogens is 2. The molecule has 0 spiro atoms. The van der Waals surface area contributed by atoms with Crippen molar-refractivity contribution in [2.45, 2.75) is 37.8 Å². The minimum absolute atomic E-state index is 0.0286. The van der Waals surface area contributed by atoms with Gasteiger partial charge in [-0.25, -0.2) is 0 Å². The number of fused-ring (bicyclic) bond motifs is 5. The molecular weight excluding hydrogens is 457 g/mol. The van der Waals surface area contributed by atoms with E-state index in [9.17, 15) is 4.79 Å². The molecule has 6 rings (SSSR count). The predicted octanol–water partition coefficient (Wildman–Crippen LogP) is 5.63. The Labute approximate surface area is 201 Å². The number of carbonyl (C=O) groups excluding carboxylic acids is 1. The highest BCUT2D eigenvalue weighted by atomic mass is 35.5. The summed E-state index contributed by atoms with van der Waals surface area (Å²) in [6.07, 6.45) is 7.02. The summed E-state index contributed by atoms with van der Waals surface area (Å²) in [7, 11) is 1.95. The zero-order valence-electron chi connectivity index (χ0n) is 18.0. The van der Waals surface area contributed by atoms with Crippen LogP contribution in [0.25, 0.3) is 22.3 Å². The Kier molecular flexibility index (Phi) is 4.89. The Morgan fingerprint density at radius 2 is 1.76 bits per heavy atom. The fourth-order valence-corrected chi connectivity index (χ4v) is 5.97. The van der Waals surface area contributed by atoms with E-state index in [1.165, 1.54) is 5.56 Å². The van der Waals surface area contributed by atoms with Crippen molar-refractivity contribution >= 4 is 40.1 Å². The highest BCUT2D eigenvalue weighted by Crippen LogP contribution is 2.45. The second-order valence-electron chi connectivity index (χ2n) is 8.77. The molecule has 2 aromatic heterocycles. The van der Waals surface area contributed by atoms with Crippen LogP contribution in [0.2, 0.25) is 10.0 Å². The third-order valence-corrected chi connectivity index (χ3v) is 7.20. The summed E-state index contributed by atoms with van der Waals surface area (Å²) in [5.74, 6) is 0.0286. The third kappa shape index (κ3) is 3.40. The SMILES string of the molecule is Cn1nc2c(c1-c1cc(Cl)cc(Cl)c1)C[C@H]1CCC[C@@H]2N1C(=O)c1ccc2nccnc2c1. The molecule has 33 heavy (non-hydrogen) atoms. The topological polar surface area (TPSA) is 63.9 Å². The first kappa shape index (κ1) is 20.6. The Bertz CT molecular complexity index is 1400. The number of piperidine rings is 1. The number of aryl methyl sites for hydroxylation is 1. The molecule has 6 nitrogen and oxygen atoms in total. The maximum atomic E-state index is 13.7. The molecule has 2 atom stereocenters. The molecule has 4 heterocycles. The van der Waals surface area contributed by atoms with Crippen LogP contribution in [0.15, 0.2) is 48.8 Å². The van der Waals surface area contributed by atoms with E-state index >= 15 is 0 Å². The van der Waals surface area contributed by atoms with E-state index in [0.29, 0.717) is 15.6 Å². The molecule has 2 aromatic carbocycles. The van der Waals surface area contributed by atoms with Gasteiger partial charge >= 0.3 is 0 Å². The number of amides is 1. The van der Waals surface area contributed by atoms with Crippen molar-refractivity contribution in [2.75, 3.05) is 0 Å². The normalized spacial score (nSPS) is 19.5. The van der Waals surface area contributed by atoms with Gasteiger partial charge in [0, 0.05) is 52.2 Å². The molecule has 0 unspecified atom stereocenters. The van der Waals surface area contributed by atoms with Crippen molar-refractivity contribution in [2.24, 2.45) is 7.05 Å². The summed E-state index contributed by atoms with van der Waals surface area (Å²) in [5, 5.41) is 6.09. The molecule has 0 saturated carbocycles. The lowest BCUT2D eigenvalue weighted by atomic mass is 9.81. The second-order valence-corrected chi connectivity index (χ2v) is 9.64. The number of hydrogen-bond donors (Lipinski definition) is 0. The molecule has 4 aromatic rings. The van der Waals surface area contributed by atoms with Gasteiger partial charge in [-0.1, -0.05) is 23.2 Å². The highest BCUT2D eigenvalue weighted by molar-refractivity contribution is 6.35. The molecule has 2 bridgehead atoms. The maximum absolute atomic E-state index is 13.7. The summed E-state index contributed by atoms with van der Waals surface area (Å²) in [6.45, 7) is 0. The molecule has 2 aliphatic rings. The second kappa shape index (κ2) is 7.82. The largest absolute Gasteiger partial charge is 0.327 e. The van der Waals surface area contributed by atoms with Crippen LogP contribution in [0.1, 0.15) is 46.9 Å². The van der Waals surface area contributed by atoms with Gasteiger partial charge in [-0.3, -0.25) is 19.4 Å². The van der Waals surface area contributed by atoms with Crippen LogP contribution >= 0.6 is 23.2 Å². The molecule has 0 N–H and O–H groups in total. The van der Waals surface area contributed by atoms with E-state index in [1.54, 1.807) is 18.5 Å². The minimum atomic E-state index is -0.0489. The Hall–Kier alpha value is -2.96. The summed E-state index contributed by atoms with van der Waals surface area (Å²) in [6, 6.07) is 11.2. The van der Waals surface area contributed by atoms with Gasteiger partial charge in [-0.15, -0.1) is 0 Å². The number of aromatic nitrogens is 4. The first-order valence-corrected chi connectivity index (χ1v) is 11.8. The van der Waals surface area contributed by atoms with Crippen LogP contribution in [-0.2, 0) is 13.5 Å². The van der Waals surface area contributed by atoms with Crippen molar-refractivity contribution < 1.29 is 4.79 Å². The number of rotatable bonds is 2. The van der Waals surface area contributed by atoms with Crippen molar-refractivity contribution in [1.29, 1.82) is 0 Å². The molecule has 1 fully saturated rings. The van der Waals surface area contributed by atoms with Crippen molar-refractivity contribution in [3.05, 3.63) is 75.7 Å². The van der Waals surface area contributed by atoms with Crippen molar-refractivity contribution in [3.8, 4) is 11.3 Å². The van der Waals surface area contributed by atoms with Crippen LogP contribution in [-0.4, -0.2) is 36.6 Å². The lowest BCUT2D eigenvalue weighted by Crippen LogP contribution is -2.49. The van der Waals surface area contributed by atoms with Gasteiger partial charge in [-0.05, 0) is 62.1 Å². The highest BCUT2D eigenvalue weighted by Gasteiger charge is 2.43. The maximum Gasteiger partial charge on any atom is 0.254 e. The molecule has 0 aliphatic carbocycles. The Morgan fingerprint density at radius 3 is 2.55 bits per heavy atom. The molecule has 2 aliphatic heterocycles. The summed E-state index contributed by atoms with van der Waals surface area (Å²) in [5.41, 5.74) is 6.30. The number of hydrogen-bond acceptors (Lipinski definition) is 4. The fourth-order valence-electron chi connectivity index (χ4n) is 5.45. The van der Waals surface area contributed by atoms with E-state index in [0.717, 1.165) is 53.7 Å². The lowest BCUT2D eigenvalue weighted by molar-refractivity contribution is 0.0392. The summed E-state index contributed by atoms with van der Waals surface area (Å²) in [4.78, 5) is 24.5. The smallest absolute Gasteiger partial charge is 0.254 e. The van der Waals surface area contributed by atoms with Crippen LogP contribution in [0.4, 0.5) is 0 Å². The monoisotopic (exact) mass is 477 g/mol. The van der Waals surface area contributed by atoms with Gasteiger partial charge in [0.25, 0.3) is 5.91 Å². The van der Waals surface area contributed by atoms with Crippen LogP contribution < -0.4 is 0 Å². The number of nitrogens with zero attached hydrogens (tertiary/aromatic N) is 5. The van der Waals surface area contributed by atoms with Gasteiger partial charge < -0.3 is 4.90 Å².